The maximum absolute atomic E-state index is 9.37. The third-order valence-electron chi connectivity index (χ3n) is 2.61. The van der Waals surface area contributed by atoms with Gasteiger partial charge in [-0.3, -0.25) is 4.90 Å². The van der Waals surface area contributed by atoms with Gasteiger partial charge in [0.1, 0.15) is 12.2 Å². The van der Waals surface area contributed by atoms with E-state index >= 15 is 0 Å². The molecule has 1 aromatic rings. The fourth-order valence-corrected chi connectivity index (χ4v) is 1.83. The topological polar surface area (TPSA) is 54.2 Å². The van der Waals surface area contributed by atoms with Gasteiger partial charge in [-0.25, -0.2) is 9.67 Å². The van der Waals surface area contributed by atoms with Gasteiger partial charge in [-0.2, -0.15) is 5.10 Å². The maximum Gasteiger partial charge on any atom is 0.140 e. The van der Waals surface area contributed by atoms with Crippen LogP contribution in [0.3, 0.4) is 0 Å². The second-order valence-corrected chi connectivity index (χ2v) is 3.67. The first-order chi connectivity index (χ1) is 6.79. The van der Waals surface area contributed by atoms with Crippen molar-refractivity contribution in [2.45, 2.75) is 32.5 Å². The van der Waals surface area contributed by atoms with Gasteiger partial charge in [0.25, 0.3) is 0 Å². The number of aryl methyl sites for hydroxylation is 1. The Morgan fingerprint density at radius 3 is 3.14 bits per heavy atom. The molecule has 0 radical (unpaired) electrons. The van der Waals surface area contributed by atoms with Crippen LogP contribution in [-0.2, 0) is 13.1 Å². The summed E-state index contributed by atoms with van der Waals surface area (Å²) in [4.78, 5) is 6.41. The molecule has 5 heteroatoms. The van der Waals surface area contributed by atoms with Gasteiger partial charge in [-0.1, -0.05) is 0 Å². The molecular formula is C9H16N4O. The Balaban J connectivity index is 1.97. The van der Waals surface area contributed by atoms with Crippen LogP contribution in [0.5, 0.6) is 0 Å². The van der Waals surface area contributed by atoms with Gasteiger partial charge in [0, 0.05) is 19.6 Å². The first-order valence-corrected chi connectivity index (χ1v) is 5.06. The molecule has 1 N–H and O–H groups in total. The Labute approximate surface area is 83.4 Å². The van der Waals surface area contributed by atoms with Crippen LogP contribution in [0.4, 0.5) is 0 Å². The van der Waals surface area contributed by atoms with Crippen molar-refractivity contribution in [1.82, 2.24) is 19.7 Å². The average molecular weight is 196 g/mol. The van der Waals surface area contributed by atoms with E-state index in [2.05, 4.69) is 21.9 Å². The van der Waals surface area contributed by atoms with Crippen LogP contribution in [-0.4, -0.2) is 44.0 Å². The number of aromatic nitrogens is 3. The summed E-state index contributed by atoms with van der Waals surface area (Å²) in [7, 11) is 0. The van der Waals surface area contributed by atoms with Crippen molar-refractivity contribution in [2.24, 2.45) is 0 Å². The molecule has 78 valence electrons. The van der Waals surface area contributed by atoms with E-state index in [4.69, 9.17) is 0 Å². The van der Waals surface area contributed by atoms with Crippen molar-refractivity contribution in [3.05, 3.63) is 12.2 Å². The lowest BCUT2D eigenvalue weighted by atomic mass is 10.3. The van der Waals surface area contributed by atoms with E-state index in [0.29, 0.717) is 0 Å². The smallest absolute Gasteiger partial charge is 0.140 e. The normalized spacial score (nSPS) is 23.1. The molecule has 1 aliphatic heterocycles. The summed E-state index contributed by atoms with van der Waals surface area (Å²) < 4.78 is 1.89. The van der Waals surface area contributed by atoms with Gasteiger partial charge >= 0.3 is 0 Å². The molecule has 1 aliphatic rings. The number of hydrogen-bond acceptors (Lipinski definition) is 4. The summed E-state index contributed by atoms with van der Waals surface area (Å²) in [5.74, 6) is 0.988. The van der Waals surface area contributed by atoms with Crippen LogP contribution in [0.15, 0.2) is 6.33 Å². The summed E-state index contributed by atoms with van der Waals surface area (Å²) in [5, 5.41) is 13.5. The Morgan fingerprint density at radius 2 is 2.50 bits per heavy atom. The molecule has 0 saturated carbocycles. The minimum absolute atomic E-state index is 0.159. The minimum atomic E-state index is -0.159. The van der Waals surface area contributed by atoms with Gasteiger partial charge in [0.2, 0.25) is 0 Å². The van der Waals surface area contributed by atoms with Crippen molar-refractivity contribution in [3.8, 4) is 0 Å². The van der Waals surface area contributed by atoms with Crippen LogP contribution in [0.2, 0.25) is 0 Å². The molecule has 1 saturated heterocycles. The molecule has 1 unspecified atom stereocenters. The van der Waals surface area contributed by atoms with Crippen molar-refractivity contribution in [3.63, 3.8) is 0 Å². The van der Waals surface area contributed by atoms with E-state index in [1.54, 1.807) is 6.33 Å². The molecule has 2 rings (SSSR count). The van der Waals surface area contributed by atoms with Gasteiger partial charge in [0.15, 0.2) is 0 Å². The summed E-state index contributed by atoms with van der Waals surface area (Å²) in [5.41, 5.74) is 0. The van der Waals surface area contributed by atoms with Crippen molar-refractivity contribution >= 4 is 0 Å². The quantitative estimate of drug-likeness (QED) is 0.731. The lowest BCUT2D eigenvalue weighted by Crippen LogP contribution is -2.23. The van der Waals surface area contributed by atoms with Crippen LogP contribution >= 0.6 is 0 Å². The van der Waals surface area contributed by atoms with E-state index in [1.165, 1.54) is 0 Å². The lowest BCUT2D eigenvalue weighted by molar-refractivity contribution is 0.173. The molecule has 0 amide bonds. The Kier molecular flexibility index (Phi) is 2.79. The predicted octanol–water partition coefficient (Wildman–Crippen LogP) is -0.135. The second-order valence-electron chi connectivity index (χ2n) is 3.67. The number of rotatable bonds is 3. The number of hydrogen-bond donors (Lipinski definition) is 1. The highest BCUT2D eigenvalue weighted by atomic mass is 16.3. The van der Waals surface area contributed by atoms with E-state index in [-0.39, 0.29) is 6.10 Å². The van der Waals surface area contributed by atoms with Crippen LogP contribution in [0.1, 0.15) is 19.2 Å². The van der Waals surface area contributed by atoms with Gasteiger partial charge in [-0.15, -0.1) is 0 Å². The van der Waals surface area contributed by atoms with Crippen molar-refractivity contribution < 1.29 is 5.11 Å². The third-order valence-corrected chi connectivity index (χ3v) is 2.61. The Bertz CT molecular complexity index is 299. The van der Waals surface area contributed by atoms with Crippen LogP contribution in [0.25, 0.3) is 0 Å². The van der Waals surface area contributed by atoms with E-state index in [9.17, 15) is 5.11 Å². The van der Waals surface area contributed by atoms with Gasteiger partial charge in [-0.05, 0) is 13.3 Å². The fourth-order valence-electron chi connectivity index (χ4n) is 1.83. The molecule has 0 bridgehead atoms. The SMILES string of the molecule is CCn1ncnc1CN1CCC(O)C1. The molecule has 14 heavy (non-hydrogen) atoms. The monoisotopic (exact) mass is 196 g/mol. The third kappa shape index (κ3) is 1.93. The standard InChI is InChI=1S/C9H16N4O/c1-2-13-9(10-7-11-13)6-12-4-3-8(14)5-12/h7-8,14H,2-6H2,1H3. The summed E-state index contributed by atoms with van der Waals surface area (Å²) in [6.45, 7) is 5.42. The maximum atomic E-state index is 9.37. The van der Waals surface area contributed by atoms with E-state index in [1.807, 2.05) is 4.68 Å². The second kappa shape index (κ2) is 4.06. The number of likely N-dealkylation sites (tertiary alicyclic amines) is 1. The summed E-state index contributed by atoms with van der Waals surface area (Å²) in [6.07, 6.45) is 2.30. The van der Waals surface area contributed by atoms with Gasteiger partial charge in [0.05, 0.1) is 12.6 Å². The predicted molar refractivity (Wildman–Crippen MR) is 51.6 cm³/mol. The zero-order valence-electron chi connectivity index (χ0n) is 8.43. The highest BCUT2D eigenvalue weighted by Gasteiger charge is 2.21. The summed E-state index contributed by atoms with van der Waals surface area (Å²) in [6, 6.07) is 0. The molecule has 0 aromatic carbocycles. The average Bonchev–Trinajstić information content (AvgIpc) is 2.76. The zero-order valence-corrected chi connectivity index (χ0v) is 8.43. The van der Waals surface area contributed by atoms with E-state index in [0.717, 1.165) is 38.4 Å². The van der Waals surface area contributed by atoms with Crippen LogP contribution in [0, 0.1) is 0 Å². The Hall–Kier alpha value is -0.940. The molecule has 2 heterocycles. The number of aliphatic hydroxyl groups is 1. The number of β-amino-alcohol motifs (C(OH)–C–C–N with tert-alkyl or cyclic N) is 1. The number of aliphatic hydroxyl groups excluding tert-OH is 1. The Morgan fingerprint density at radius 1 is 1.64 bits per heavy atom. The molecule has 1 aromatic heterocycles. The highest BCUT2D eigenvalue weighted by molar-refractivity contribution is 4.87. The van der Waals surface area contributed by atoms with Crippen molar-refractivity contribution in [2.75, 3.05) is 13.1 Å². The lowest BCUT2D eigenvalue weighted by Gasteiger charge is -2.14. The highest BCUT2D eigenvalue weighted by Crippen LogP contribution is 2.11. The molecule has 1 atom stereocenters. The molecule has 5 nitrogen and oxygen atoms in total. The minimum Gasteiger partial charge on any atom is -0.392 e. The molecule has 1 fully saturated rings. The fraction of sp³-hybridized carbons (Fsp3) is 0.778. The van der Waals surface area contributed by atoms with Crippen molar-refractivity contribution in [1.29, 1.82) is 0 Å². The first-order valence-electron chi connectivity index (χ1n) is 5.06. The zero-order chi connectivity index (χ0) is 9.97. The first kappa shape index (κ1) is 9.61. The van der Waals surface area contributed by atoms with Gasteiger partial charge < -0.3 is 5.11 Å². The molecule has 0 aliphatic carbocycles. The molecule has 0 spiro atoms. The number of nitrogens with zero attached hydrogens (tertiary/aromatic N) is 4. The van der Waals surface area contributed by atoms with Crippen LogP contribution < -0.4 is 0 Å². The summed E-state index contributed by atoms with van der Waals surface area (Å²) >= 11 is 0. The largest absolute Gasteiger partial charge is 0.392 e. The van der Waals surface area contributed by atoms with E-state index < -0.39 is 0 Å². The molecular weight excluding hydrogens is 180 g/mol.